The molecule has 19 heavy (non-hydrogen) atoms. The minimum Gasteiger partial charge on any atom is -0.310 e. The third-order valence-corrected chi connectivity index (χ3v) is 5.03. The highest BCUT2D eigenvalue weighted by Crippen LogP contribution is 2.38. The van der Waals surface area contributed by atoms with E-state index in [0.29, 0.717) is 17.4 Å². The van der Waals surface area contributed by atoms with E-state index in [0.717, 1.165) is 16.6 Å². The molecule has 1 N–H and O–H groups in total. The van der Waals surface area contributed by atoms with Crippen LogP contribution in [0.25, 0.3) is 0 Å². The zero-order valence-corrected chi connectivity index (χ0v) is 13.6. The molecule has 0 aromatic heterocycles. The second-order valence-electron chi connectivity index (χ2n) is 6.61. The number of hydrogen-bond donors (Lipinski definition) is 1. The van der Waals surface area contributed by atoms with Crippen LogP contribution in [-0.2, 0) is 6.54 Å². The first-order valence-corrected chi connectivity index (χ1v) is 7.84. The zero-order valence-electron chi connectivity index (χ0n) is 12.0. The van der Waals surface area contributed by atoms with Gasteiger partial charge in [0.05, 0.1) is 0 Å². The highest BCUT2D eigenvalue weighted by Gasteiger charge is 2.31. The quantitative estimate of drug-likeness (QED) is 0.833. The van der Waals surface area contributed by atoms with Crippen LogP contribution >= 0.6 is 15.9 Å². The molecule has 0 aliphatic heterocycles. The van der Waals surface area contributed by atoms with Crippen LogP contribution in [0.3, 0.4) is 0 Å². The lowest BCUT2D eigenvalue weighted by Crippen LogP contribution is -2.41. The maximum atomic E-state index is 13.2. The number of benzene rings is 1. The molecule has 0 radical (unpaired) electrons. The van der Waals surface area contributed by atoms with E-state index in [2.05, 4.69) is 42.0 Å². The molecule has 1 aliphatic rings. The second-order valence-corrected chi connectivity index (χ2v) is 7.46. The van der Waals surface area contributed by atoms with Gasteiger partial charge in [-0.25, -0.2) is 4.39 Å². The highest BCUT2D eigenvalue weighted by atomic mass is 79.9. The Kier molecular flexibility index (Phi) is 4.67. The van der Waals surface area contributed by atoms with E-state index in [1.807, 2.05) is 0 Å². The fourth-order valence-electron chi connectivity index (χ4n) is 3.17. The first kappa shape index (κ1) is 15.0. The third kappa shape index (κ3) is 4.03. The predicted molar refractivity (Wildman–Crippen MR) is 81.5 cm³/mol. The van der Waals surface area contributed by atoms with E-state index in [1.165, 1.54) is 25.3 Å². The summed E-state index contributed by atoms with van der Waals surface area (Å²) in [5.41, 5.74) is 1.47. The van der Waals surface area contributed by atoms with Gasteiger partial charge in [0.2, 0.25) is 0 Å². The van der Waals surface area contributed by atoms with E-state index in [9.17, 15) is 4.39 Å². The SMILES string of the molecule is CC1CC(C)(C)CCC1NCc1cc(F)ccc1Br. The summed E-state index contributed by atoms with van der Waals surface area (Å²) in [5.74, 6) is 0.508. The van der Waals surface area contributed by atoms with Crippen molar-refractivity contribution in [2.24, 2.45) is 11.3 Å². The van der Waals surface area contributed by atoms with Crippen LogP contribution in [0.4, 0.5) is 4.39 Å². The zero-order chi connectivity index (χ0) is 14.0. The van der Waals surface area contributed by atoms with Crippen LogP contribution < -0.4 is 5.32 Å². The van der Waals surface area contributed by atoms with E-state index in [-0.39, 0.29) is 5.82 Å². The topological polar surface area (TPSA) is 12.0 Å². The molecule has 2 atom stereocenters. The van der Waals surface area contributed by atoms with Crippen molar-refractivity contribution in [2.45, 2.75) is 52.6 Å². The van der Waals surface area contributed by atoms with Crippen molar-refractivity contribution in [2.75, 3.05) is 0 Å². The van der Waals surface area contributed by atoms with Crippen molar-refractivity contribution in [3.05, 3.63) is 34.1 Å². The van der Waals surface area contributed by atoms with Gasteiger partial charge in [0.25, 0.3) is 0 Å². The molecule has 1 fully saturated rings. The molecule has 2 unspecified atom stereocenters. The van der Waals surface area contributed by atoms with Crippen LogP contribution in [0.2, 0.25) is 0 Å². The first-order chi connectivity index (χ1) is 8.87. The van der Waals surface area contributed by atoms with Gasteiger partial charge in [0.1, 0.15) is 5.82 Å². The van der Waals surface area contributed by atoms with E-state index < -0.39 is 0 Å². The number of nitrogens with one attached hydrogen (secondary N) is 1. The molecule has 0 amide bonds. The van der Waals surface area contributed by atoms with Crippen molar-refractivity contribution >= 4 is 15.9 Å². The Hall–Kier alpha value is -0.410. The lowest BCUT2D eigenvalue weighted by molar-refractivity contribution is 0.148. The number of halogens is 2. The Morgan fingerprint density at radius 1 is 1.42 bits per heavy atom. The van der Waals surface area contributed by atoms with Gasteiger partial charge in [-0.3, -0.25) is 0 Å². The van der Waals surface area contributed by atoms with Gasteiger partial charge < -0.3 is 5.32 Å². The average Bonchev–Trinajstić information content (AvgIpc) is 2.31. The lowest BCUT2D eigenvalue weighted by atomic mass is 9.70. The van der Waals surface area contributed by atoms with Crippen molar-refractivity contribution < 1.29 is 4.39 Å². The van der Waals surface area contributed by atoms with E-state index in [4.69, 9.17) is 0 Å². The summed E-state index contributed by atoms with van der Waals surface area (Å²) >= 11 is 3.48. The molecule has 0 heterocycles. The van der Waals surface area contributed by atoms with Gasteiger partial charge in [-0.1, -0.05) is 36.7 Å². The molecular formula is C16H23BrFN. The summed E-state index contributed by atoms with van der Waals surface area (Å²) in [6.07, 6.45) is 3.73. The molecule has 0 saturated heterocycles. The van der Waals surface area contributed by atoms with Crippen LogP contribution in [0.15, 0.2) is 22.7 Å². The second kappa shape index (κ2) is 5.92. The van der Waals surface area contributed by atoms with Gasteiger partial charge in [-0.05, 0) is 54.4 Å². The summed E-state index contributed by atoms with van der Waals surface area (Å²) in [6.45, 7) is 7.75. The molecule has 2 rings (SSSR count). The molecule has 1 aromatic rings. The smallest absolute Gasteiger partial charge is 0.123 e. The molecule has 0 bridgehead atoms. The van der Waals surface area contributed by atoms with E-state index in [1.54, 1.807) is 12.1 Å². The van der Waals surface area contributed by atoms with Gasteiger partial charge >= 0.3 is 0 Å². The monoisotopic (exact) mass is 327 g/mol. The molecule has 0 spiro atoms. The maximum Gasteiger partial charge on any atom is 0.123 e. The van der Waals surface area contributed by atoms with Gasteiger partial charge in [-0.2, -0.15) is 0 Å². The van der Waals surface area contributed by atoms with Crippen LogP contribution in [0, 0.1) is 17.2 Å². The van der Waals surface area contributed by atoms with E-state index >= 15 is 0 Å². The van der Waals surface area contributed by atoms with Gasteiger partial charge in [0.15, 0.2) is 0 Å². The minimum atomic E-state index is -0.169. The van der Waals surface area contributed by atoms with Crippen LogP contribution in [-0.4, -0.2) is 6.04 Å². The van der Waals surface area contributed by atoms with Crippen LogP contribution in [0.5, 0.6) is 0 Å². The summed E-state index contributed by atoms with van der Waals surface area (Å²) in [7, 11) is 0. The molecule has 1 saturated carbocycles. The Bertz CT molecular complexity index is 444. The highest BCUT2D eigenvalue weighted by molar-refractivity contribution is 9.10. The fourth-order valence-corrected chi connectivity index (χ4v) is 3.56. The maximum absolute atomic E-state index is 13.2. The summed E-state index contributed by atoms with van der Waals surface area (Å²) in [6, 6.07) is 5.41. The predicted octanol–water partition coefficient (Wildman–Crippen LogP) is 4.89. The first-order valence-electron chi connectivity index (χ1n) is 7.05. The molecular weight excluding hydrogens is 305 g/mol. The summed E-state index contributed by atoms with van der Waals surface area (Å²) in [4.78, 5) is 0. The Labute approximate surface area is 124 Å². The Balaban J connectivity index is 1.94. The normalized spacial score (nSPS) is 26.4. The Morgan fingerprint density at radius 3 is 2.84 bits per heavy atom. The molecule has 1 aromatic carbocycles. The molecule has 3 heteroatoms. The van der Waals surface area contributed by atoms with Crippen molar-refractivity contribution in [3.63, 3.8) is 0 Å². The van der Waals surface area contributed by atoms with Crippen molar-refractivity contribution in [1.82, 2.24) is 5.32 Å². The molecule has 1 aliphatic carbocycles. The van der Waals surface area contributed by atoms with Crippen molar-refractivity contribution in [3.8, 4) is 0 Å². The van der Waals surface area contributed by atoms with Gasteiger partial charge in [0, 0.05) is 17.1 Å². The van der Waals surface area contributed by atoms with Crippen LogP contribution in [0.1, 0.15) is 45.6 Å². The lowest BCUT2D eigenvalue weighted by Gasteiger charge is -2.39. The summed E-state index contributed by atoms with van der Waals surface area (Å²) < 4.78 is 14.2. The average molecular weight is 328 g/mol. The largest absolute Gasteiger partial charge is 0.310 e. The van der Waals surface area contributed by atoms with Crippen molar-refractivity contribution in [1.29, 1.82) is 0 Å². The molecule has 106 valence electrons. The van der Waals surface area contributed by atoms with Gasteiger partial charge in [-0.15, -0.1) is 0 Å². The fraction of sp³-hybridized carbons (Fsp3) is 0.625. The summed E-state index contributed by atoms with van der Waals surface area (Å²) in [5, 5.41) is 3.60. The standard InChI is InChI=1S/C16H23BrFN/c1-11-9-16(2,3)7-6-15(11)19-10-12-8-13(18)4-5-14(12)17/h4-5,8,11,15,19H,6-7,9-10H2,1-3H3. The minimum absolute atomic E-state index is 0.169. The third-order valence-electron chi connectivity index (χ3n) is 4.26. The number of hydrogen-bond acceptors (Lipinski definition) is 1. The Morgan fingerprint density at radius 2 is 2.16 bits per heavy atom. The number of rotatable bonds is 3. The molecule has 1 nitrogen and oxygen atoms in total.